The molecule has 0 radical (unpaired) electrons. The van der Waals surface area contributed by atoms with E-state index < -0.39 is 24.5 Å². The van der Waals surface area contributed by atoms with Crippen LogP contribution in [-0.4, -0.2) is 44.3 Å². The number of aromatic nitrogens is 2. The Bertz CT molecular complexity index is 405. The average molecular weight is 269 g/mol. The van der Waals surface area contributed by atoms with Crippen molar-refractivity contribution in [1.29, 1.82) is 0 Å². The summed E-state index contributed by atoms with van der Waals surface area (Å²) in [5, 5.41) is 19.9. The molecule has 0 saturated heterocycles. The molecule has 1 aromatic heterocycles. The fourth-order valence-electron chi connectivity index (χ4n) is 1.83. The second kappa shape index (κ2) is 7.52. The highest BCUT2D eigenvalue weighted by Crippen LogP contribution is 2.17. The van der Waals surface area contributed by atoms with E-state index in [2.05, 4.69) is 10.3 Å². The number of aliphatic hydroxyl groups excluding tert-OH is 1. The molecule has 0 spiro atoms. The van der Waals surface area contributed by atoms with Crippen LogP contribution in [0.1, 0.15) is 32.2 Å². The molecule has 0 aromatic carbocycles. The van der Waals surface area contributed by atoms with E-state index in [9.17, 15) is 9.59 Å². The fraction of sp³-hybridized carbons (Fsp3) is 0.583. The van der Waals surface area contributed by atoms with E-state index in [1.165, 1.54) is 0 Å². The highest BCUT2D eigenvalue weighted by Gasteiger charge is 2.21. The lowest BCUT2D eigenvalue weighted by molar-refractivity contribution is -0.143. The van der Waals surface area contributed by atoms with E-state index >= 15 is 0 Å². The van der Waals surface area contributed by atoms with Gasteiger partial charge >= 0.3 is 5.97 Å². The maximum absolute atomic E-state index is 11.8. The standard InChI is InChI=1S/C12H19N3O4/c1-2-3-9(15-5-4-13-8-15)6-11(17)14-10(7-16)12(18)19/h4-5,8-10,16H,2-3,6-7H2,1H3,(H,14,17)(H,18,19). The Labute approximate surface area is 111 Å². The zero-order valence-corrected chi connectivity index (χ0v) is 10.8. The van der Waals surface area contributed by atoms with Gasteiger partial charge in [-0.1, -0.05) is 13.3 Å². The molecule has 1 aromatic rings. The summed E-state index contributed by atoms with van der Waals surface area (Å²) in [6, 6.07) is -1.31. The number of carboxylic acid groups (broad SMARTS) is 1. The van der Waals surface area contributed by atoms with Gasteiger partial charge in [0.25, 0.3) is 0 Å². The van der Waals surface area contributed by atoms with Crippen LogP contribution in [0.25, 0.3) is 0 Å². The largest absolute Gasteiger partial charge is 0.480 e. The van der Waals surface area contributed by atoms with Crippen molar-refractivity contribution < 1.29 is 19.8 Å². The molecule has 7 nitrogen and oxygen atoms in total. The average Bonchev–Trinajstić information content (AvgIpc) is 2.88. The van der Waals surface area contributed by atoms with Gasteiger partial charge in [0.2, 0.25) is 5.91 Å². The van der Waals surface area contributed by atoms with E-state index in [0.717, 1.165) is 12.8 Å². The van der Waals surface area contributed by atoms with E-state index in [4.69, 9.17) is 10.2 Å². The second-order valence-electron chi connectivity index (χ2n) is 4.30. The third-order valence-corrected chi connectivity index (χ3v) is 2.81. The number of nitrogens with zero attached hydrogens (tertiary/aromatic N) is 2. The molecular weight excluding hydrogens is 250 g/mol. The van der Waals surface area contributed by atoms with Crippen LogP contribution in [0.4, 0.5) is 0 Å². The van der Waals surface area contributed by atoms with Crippen LogP contribution in [0.2, 0.25) is 0 Å². The lowest BCUT2D eigenvalue weighted by Gasteiger charge is -2.18. The first-order valence-electron chi connectivity index (χ1n) is 6.19. The highest BCUT2D eigenvalue weighted by molar-refractivity contribution is 5.83. The third-order valence-electron chi connectivity index (χ3n) is 2.81. The molecule has 0 bridgehead atoms. The van der Waals surface area contributed by atoms with Gasteiger partial charge in [-0.2, -0.15) is 0 Å². The van der Waals surface area contributed by atoms with Crippen LogP contribution in [0, 0.1) is 0 Å². The van der Waals surface area contributed by atoms with Crippen LogP contribution in [0.5, 0.6) is 0 Å². The normalized spacial score (nSPS) is 13.8. The maximum Gasteiger partial charge on any atom is 0.328 e. The van der Waals surface area contributed by atoms with Crippen molar-refractivity contribution in [2.45, 2.75) is 38.3 Å². The number of aliphatic carboxylic acids is 1. The molecule has 3 N–H and O–H groups in total. The molecule has 1 amide bonds. The van der Waals surface area contributed by atoms with Crippen LogP contribution in [-0.2, 0) is 9.59 Å². The first-order valence-corrected chi connectivity index (χ1v) is 6.19. The predicted molar refractivity (Wildman–Crippen MR) is 67.4 cm³/mol. The smallest absolute Gasteiger partial charge is 0.328 e. The minimum Gasteiger partial charge on any atom is -0.480 e. The Morgan fingerprint density at radius 1 is 1.47 bits per heavy atom. The number of rotatable bonds is 8. The van der Waals surface area contributed by atoms with Crippen molar-refractivity contribution >= 4 is 11.9 Å². The van der Waals surface area contributed by atoms with Crippen molar-refractivity contribution in [1.82, 2.24) is 14.9 Å². The Balaban J connectivity index is 2.59. The molecule has 7 heteroatoms. The van der Waals surface area contributed by atoms with Crippen LogP contribution in [0.15, 0.2) is 18.7 Å². The van der Waals surface area contributed by atoms with Gasteiger partial charge in [0.05, 0.1) is 12.9 Å². The molecule has 0 fully saturated rings. The quantitative estimate of drug-likeness (QED) is 0.624. The molecular formula is C12H19N3O4. The Kier molecular flexibility index (Phi) is 6.01. The summed E-state index contributed by atoms with van der Waals surface area (Å²) in [4.78, 5) is 26.4. The summed E-state index contributed by atoms with van der Waals surface area (Å²) in [5.74, 6) is -1.64. The van der Waals surface area contributed by atoms with Gasteiger partial charge in [-0.15, -0.1) is 0 Å². The van der Waals surface area contributed by atoms with Gasteiger partial charge < -0.3 is 20.1 Å². The summed E-state index contributed by atoms with van der Waals surface area (Å²) in [5.41, 5.74) is 0. The number of hydrogen-bond donors (Lipinski definition) is 3. The Morgan fingerprint density at radius 3 is 2.68 bits per heavy atom. The van der Waals surface area contributed by atoms with Crippen molar-refractivity contribution in [3.63, 3.8) is 0 Å². The molecule has 0 saturated carbocycles. The zero-order valence-electron chi connectivity index (χ0n) is 10.8. The summed E-state index contributed by atoms with van der Waals surface area (Å²) >= 11 is 0. The Hall–Kier alpha value is -1.89. The van der Waals surface area contributed by atoms with E-state index in [0.29, 0.717) is 0 Å². The third kappa shape index (κ3) is 4.70. The molecule has 1 heterocycles. The van der Waals surface area contributed by atoms with Crippen molar-refractivity contribution in [3.05, 3.63) is 18.7 Å². The number of carboxylic acids is 1. The molecule has 1 rings (SSSR count). The molecule has 19 heavy (non-hydrogen) atoms. The summed E-state index contributed by atoms with van der Waals surface area (Å²) < 4.78 is 1.83. The van der Waals surface area contributed by atoms with Gasteiger partial charge in [-0.3, -0.25) is 4.79 Å². The second-order valence-corrected chi connectivity index (χ2v) is 4.30. The number of aliphatic hydroxyl groups is 1. The van der Waals surface area contributed by atoms with Crippen molar-refractivity contribution in [2.75, 3.05) is 6.61 Å². The Morgan fingerprint density at radius 2 is 2.21 bits per heavy atom. The minimum atomic E-state index is -1.25. The summed E-state index contributed by atoms with van der Waals surface area (Å²) in [7, 11) is 0. The summed E-state index contributed by atoms with van der Waals surface area (Å²) in [6.07, 6.45) is 6.89. The first-order chi connectivity index (χ1) is 9.08. The van der Waals surface area contributed by atoms with Gasteiger partial charge in [-0.05, 0) is 6.42 Å². The fourth-order valence-corrected chi connectivity index (χ4v) is 1.83. The van der Waals surface area contributed by atoms with Crippen molar-refractivity contribution in [3.8, 4) is 0 Å². The van der Waals surface area contributed by atoms with Crippen LogP contribution >= 0.6 is 0 Å². The zero-order chi connectivity index (χ0) is 14.3. The van der Waals surface area contributed by atoms with E-state index in [1.54, 1.807) is 18.7 Å². The number of carbonyl (C=O) groups is 2. The topological polar surface area (TPSA) is 104 Å². The highest BCUT2D eigenvalue weighted by atomic mass is 16.4. The maximum atomic E-state index is 11.8. The van der Waals surface area contributed by atoms with Crippen LogP contribution < -0.4 is 5.32 Å². The number of imidazole rings is 1. The molecule has 0 aliphatic heterocycles. The molecule has 0 aliphatic carbocycles. The SMILES string of the molecule is CCCC(CC(=O)NC(CO)C(=O)O)n1ccnc1. The van der Waals surface area contributed by atoms with Crippen molar-refractivity contribution in [2.24, 2.45) is 0 Å². The van der Waals surface area contributed by atoms with E-state index in [1.807, 2.05) is 11.5 Å². The lowest BCUT2D eigenvalue weighted by atomic mass is 10.1. The lowest BCUT2D eigenvalue weighted by Crippen LogP contribution is -2.43. The van der Waals surface area contributed by atoms with Gasteiger partial charge in [0.1, 0.15) is 6.04 Å². The van der Waals surface area contributed by atoms with E-state index in [-0.39, 0.29) is 12.5 Å². The van der Waals surface area contributed by atoms with Crippen LogP contribution in [0.3, 0.4) is 0 Å². The molecule has 2 unspecified atom stereocenters. The predicted octanol–water partition coefficient (Wildman–Crippen LogP) is 0.176. The molecule has 0 aliphatic rings. The minimum absolute atomic E-state index is 0.0550. The number of carbonyl (C=O) groups excluding carboxylic acids is 1. The number of amides is 1. The molecule has 106 valence electrons. The first kappa shape index (κ1) is 15.2. The number of hydrogen-bond acceptors (Lipinski definition) is 4. The van der Waals surface area contributed by atoms with Gasteiger partial charge in [-0.25, -0.2) is 9.78 Å². The van der Waals surface area contributed by atoms with Gasteiger partial charge in [0, 0.05) is 24.9 Å². The summed E-state index contributed by atoms with van der Waals surface area (Å²) in [6.45, 7) is 1.39. The monoisotopic (exact) mass is 269 g/mol. The van der Waals surface area contributed by atoms with Gasteiger partial charge in [0.15, 0.2) is 0 Å². The number of nitrogens with one attached hydrogen (secondary N) is 1. The molecule has 2 atom stereocenters.